The maximum absolute atomic E-state index is 8.90. The molecule has 3 aromatic heterocycles. The molecule has 1 unspecified atom stereocenters. The Balaban J connectivity index is 1.50. The van der Waals surface area contributed by atoms with Gasteiger partial charge in [0, 0.05) is 0 Å². The van der Waals surface area contributed by atoms with Gasteiger partial charge in [-0.2, -0.15) is 10.4 Å². The van der Waals surface area contributed by atoms with E-state index in [0.717, 1.165) is 11.1 Å². The van der Waals surface area contributed by atoms with E-state index in [2.05, 4.69) is 26.2 Å². The quantitative estimate of drug-likeness (QED) is 0.473. The number of hydrogen-bond acceptors (Lipinski definition) is 6. The molecule has 140 valence electrons. The average Bonchev–Trinajstić information content (AvgIpc) is 3.39. The van der Waals surface area contributed by atoms with E-state index < -0.39 is 0 Å². The summed E-state index contributed by atoms with van der Waals surface area (Å²) in [7, 11) is 0. The fraction of sp³-hybridized carbons (Fsp3) is 0.0952. The minimum atomic E-state index is -0.373. The van der Waals surface area contributed by atoms with Crippen LogP contribution in [0.5, 0.6) is 5.75 Å². The maximum atomic E-state index is 8.90. The second-order valence-corrected chi connectivity index (χ2v) is 6.51. The molecule has 3 heterocycles. The van der Waals surface area contributed by atoms with E-state index in [1.165, 1.54) is 0 Å². The van der Waals surface area contributed by atoms with Crippen LogP contribution in [0.25, 0.3) is 22.4 Å². The van der Waals surface area contributed by atoms with E-state index in [1.807, 2.05) is 37.3 Å². The molecular formula is C21H15N7O. The zero-order valence-corrected chi connectivity index (χ0v) is 15.5. The lowest BCUT2D eigenvalue weighted by molar-refractivity contribution is 0.216. The predicted octanol–water partition coefficient (Wildman–Crippen LogP) is 3.47. The molecule has 5 rings (SSSR count). The van der Waals surface area contributed by atoms with Crippen LogP contribution in [-0.4, -0.2) is 29.4 Å². The van der Waals surface area contributed by atoms with Crippen LogP contribution in [0, 0.1) is 11.3 Å². The molecule has 0 saturated heterocycles. The highest BCUT2D eigenvalue weighted by atomic mass is 16.5. The van der Waals surface area contributed by atoms with Crippen LogP contribution < -0.4 is 4.74 Å². The first-order valence-electron chi connectivity index (χ1n) is 9.04. The summed E-state index contributed by atoms with van der Waals surface area (Å²) in [6.45, 7) is 1.88. The summed E-state index contributed by atoms with van der Waals surface area (Å²) in [5.41, 5.74) is 2.89. The highest BCUT2D eigenvalue weighted by molar-refractivity contribution is 5.89. The lowest BCUT2D eigenvalue weighted by Crippen LogP contribution is -2.05. The largest absolute Gasteiger partial charge is 0.483 e. The van der Waals surface area contributed by atoms with Crippen LogP contribution in [0.3, 0.4) is 0 Å². The second-order valence-electron chi connectivity index (χ2n) is 6.51. The summed E-state index contributed by atoms with van der Waals surface area (Å²) in [5, 5.41) is 18.7. The topological polar surface area (TPSA) is 93.9 Å². The first-order valence-corrected chi connectivity index (χ1v) is 9.04. The zero-order valence-electron chi connectivity index (χ0n) is 15.5. The summed E-state index contributed by atoms with van der Waals surface area (Å²) in [4.78, 5) is 9.17. The van der Waals surface area contributed by atoms with Crippen LogP contribution in [0.4, 0.5) is 0 Å². The number of ether oxygens (including phenoxy) is 1. The summed E-state index contributed by atoms with van der Waals surface area (Å²) in [6, 6.07) is 18.9. The van der Waals surface area contributed by atoms with Crippen LogP contribution in [0.15, 0.2) is 67.1 Å². The third kappa shape index (κ3) is 2.95. The smallest absolute Gasteiger partial charge is 0.192 e. The molecule has 0 spiro atoms. The van der Waals surface area contributed by atoms with Crippen LogP contribution in [0.2, 0.25) is 0 Å². The molecule has 0 fully saturated rings. The van der Waals surface area contributed by atoms with E-state index in [1.54, 1.807) is 46.0 Å². The van der Waals surface area contributed by atoms with Gasteiger partial charge < -0.3 is 4.74 Å². The molecule has 0 N–H and O–H groups in total. The average molecular weight is 381 g/mol. The Morgan fingerprint density at radius 1 is 1.03 bits per heavy atom. The second kappa shape index (κ2) is 6.73. The molecule has 29 heavy (non-hydrogen) atoms. The SMILES string of the molecule is CC(Oc1ccc(C#N)cc1)c1nc2c3cnn(-c4ccccc4)c3ncn2n1. The van der Waals surface area contributed by atoms with Gasteiger partial charge >= 0.3 is 0 Å². The molecule has 0 aliphatic carbocycles. The van der Waals surface area contributed by atoms with Crippen LogP contribution in [-0.2, 0) is 0 Å². The molecule has 2 aromatic carbocycles. The third-order valence-corrected chi connectivity index (χ3v) is 4.58. The Morgan fingerprint density at radius 2 is 1.83 bits per heavy atom. The molecule has 0 saturated carbocycles. The van der Waals surface area contributed by atoms with Gasteiger partial charge in [-0.3, -0.25) is 0 Å². The molecule has 5 aromatic rings. The number of rotatable bonds is 4. The van der Waals surface area contributed by atoms with Crippen molar-refractivity contribution in [3.8, 4) is 17.5 Å². The highest BCUT2D eigenvalue weighted by Gasteiger charge is 2.18. The first kappa shape index (κ1) is 16.9. The Bertz CT molecular complexity index is 1350. The molecule has 0 bridgehead atoms. The number of benzene rings is 2. The van der Waals surface area contributed by atoms with E-state index in [-0.39, 0.29) is 6.10 Å². The standard InChI is InChI=1S/C21H15N7O/c1-14(29-17-9-7-15(11-22)8-10-17)19-25-21-18-12-24-28(16-5-3-2-4-6-16)20(18)23-13-27(21)26-19/h2-10,12-14H,1H3. The van der Waals surface area contributed by atoms with E-state index >= 15 is 0 Å². The van der Waals surface area contributed by atoms with Gasteiger partial charge in [-0.25, -0.2) is 19.2 Å². The van der Waals surface area contributed by atoms with Gasteiger partial charge in [0.1, 0.15) is 12.1 Å². The highest BCUT2D eigenvalue weighted by Crippen LogP contribution is 2.23. The third-order valence-electron chi connectivity index (χ3n) is 4.58. The van der Waals surface area contributed by atoms with E-state index in [4.69, 9.17) is 10.00 Å². The van der Waals surface area contributed by atoms with E-state index in [9.17, 15) is 0 Å². The summed E-state index contributed by atoms with van der Waals surface area (Å²) >= 11 is 0. The van der Waals surface area contributed by atoms with Gasteiger partial charge in [-0.15, -0.1) is 5.10 Å². The van der Waals surface area contributed by atoms with Crippen molar-refractivity contribution in [2.45, 2.75) is 13.0 Å². The Labute approximate surface area is 165 Å². The number of aromatic nitrogens is 6. The predicted molar refractivity (Wildman–Crippen MR) is 106 cm³/mol. The fourth-order valence-corrected chi connectivity index (χ4v) is 3.13. The van der Waals surface area contributed by atoms with Gasteiger partial charge in [0.25, 0.3) is 0 Å². The lowest BCUT2D eigenvalue weighted by Gasteiger charge is -2.11. The van der Waals surface area contributed by atoms with Crippen LogP contribution >= 0.6 is 0 Å². The van der Waals surface area contributed by atoms with Crippen molar-refractivity contribution in [3.05, 3.63) is 78.5 Å². The van der Waals surface area contributed by atoms with Crippen LogP contribution in [0.1, 0.15) is 24.4 Å². The number of fused-ring (bicyclic) bond motifs is 3. The normalized spacial score (nSPS) is 12.1. The first-order chi connectivity index (χ1) is 14.2. The maximum Gasteiger partial charge on any atom is 0.192 e. The Morgan fingerprint density at radius 3 is 2.59 bits per heavy atom. The number of para-hydroxylation sites is 1. The number of nitriles is 1. The molecule has 1 atom stereocenters. The van der Waals surface area contributed by atoms with Crippen molar-refractivity contribution >= 4 is 16.7 Å². The number of hydrogen-bond donors (Lipinski definition) is 0. The summed E-state index contributed by atoms with van der Waals surface area (Å²) < 4.78 is 9.34. The monoisotopic (exact) mass is 381 g/mol. The van der Waals surface area contributed by atoms with Crippen molar-refractivity contribution < 1.29 is 4.74 Å². The lowest BCUT2D eigenvalue weighted by atomic mass is 10.2. The van der Waals surface area contributed by atoms with Crippen molar-refractivity contribution in [2.75, 3.05) is 0 Å². The molecule has 0 amide bonds. The molecule has 8 nitrogen and oxygen atoms in total. The van der Waals surface area contributed by atoms with Crippen molar-refractivity contribution in [3.63, 3.8) is 0 Å². The Kier molecular flexibility index (Phi) is 3.92. The Hall–Kier alpha value is -4.25. The molecule has 8 heteroatoms. The summed E-state index contributed by atoms with van der Waals surface area (Å²) in [6.07, 6.45) is 3.00. The minimum Gasteiger partial charge on any atom is -0.483 e. The molecular weight excluding hydrogens is 366 g/mol. The van der Waals surface area contributed by atoms with Gasteiger partial charge in [0.2, 0.25) is 0 Å². The summed E-state index contributed by atoms with van der Waals surface area (Å²) in [5.74, 6) is 1.19. The van der Waals surface area contributed by atoms with Gasteiger partial charge in [-0.05, 0) is 43.3 Å². The fourth-order valence-electron chi connectivity index (χ4n) is 3.13. The van der Waals surface area contributed by atoms with Crippen molar-refractivity contribution in [1.82, 2.24) is 29.4 Å². The van der Waals surface area contributed by atoms with Crippen molar-refractivity contribution in [2.24, 2.45) is 0 Å². The van der Waals surface area contributed by atoms with Gasteiger partial charge in [-0.1, -0.05) is 18.2 Å². The molecule has 0 radical (unpaired) electrons. The minimum absolute atomic E-state index is 0.373. The number of nitrogens with zero attached hydrogens (tertiary/aromatic N) is 7. The van der Waals surface area contributed by atoms with Gasteiger partial charge in [0.05, 0.1) is 28.9 Å². The van der Waals surface area contributed by atoms with Crippen molar-refractivity contribution in [1.29, 1.82) is 5.26 Å². The molecule has 0 aliphatic heterocycles. The zero-order chi connectivity index (χ0) is 19.8. The van der Waals surface area contributed by atoms with Gasteiger partial charge in [0.15, 0.2) is 23.2 Å². The molecule has 0 aliphatic rings. The van der Waals surface area contributed by atoms with E-state index in [0.29, 0.717) is 28.4 Å².